The number of benzene rings is 1. The van der Waals surface area contributed by atoms with Gasteiger partial charge in [-0.1, -0.05) is 12.1 Å². The molecule has 1 amide bonds. The largest absolute Gasteiger partial charge is 0.495 e. The van der Waals surface area contributed by atoms with Crippen LogP contribution < -0.4 is 15.4 Å². The van der Waals surface area contributed by atoms with Crippen molar-refractivity contribution in [2.75, 3.05) is 25.7 Å². The van der Waals surface area contributed by atoms with E-state index in [1.165, 1.54) is 19.1 Å². The second kappa shape index (κ2) is 6.75. The third-order valence-electron chi connectivity index (χ3n) is 2.58. The Morgan fingerprint density at radius 1 is 1.37 bits per heavy atom. The molecule has 1 atom stereocenters. The number of carbonyl (C=O) groups is 2. The molecule has 1 rings (SSSR count). The Hall–Kier alpha value is -2.08. The summed E-state index contributed by atoms with van der Waals surface area (Å²) in [5, 5.41) is 0. The molecule has 0 aliphatic heterocycles. The van der Waals surface area contributed by atoms with E-state index in [4.69, 9.17) is 15.2 Å². The molecule has 0 radical (unpaired) electrons. The molecule has 6 nitrogen and oxygen atoms in total. The third-order valence-corrected chi connectivity index (χ3v) is 2.58. The van der Waals surface area contributed by atoms with Crippen LogP contribution >= 0.6 is 0 Å². The lowest BCUT2D eigenvalue weighted by molar-refractivity contribution is -0.147. The molecule has 2 N–H and O–H groups in total. The predicted molar refractivity (Wildman–Crippen MR) is 71.0 cm³/mol. The summed E-state index contributed by atoms with van der Waals surface area (Å²) in [5.41, 5.74) is 6.11. The van der Waals surface area contributed by atoms with Crippen molar-refractivity contribution < 1.29 is 19.1 Å². The van der Waals surface area contributed by atoms with Crippen molar-refractivity contribution in [3.63, 3.8) is 0 Å². The van der Waals surface area contributed by atoms with E-state index in [0.717, 1.165) is 0 Å². The number of hydrogen-bond donors (Lipinski definition) is 1. The summed E-state index contributed by atoms with van der Waals surface area (Å²) < 4.78 is 9.88. The number of carbonyl (C=O) groups excluding carboxylic acids is 2. The Balaban J connectivity index is 2.90. The van der Waals surface area contributed by atoms with Crippen LogP contribution in [0.4, 0.5) is 5.69 Å². The van der Waals surface area contributed by atoms with Gasteiger partial charge in [-0.25, -0.2) is 4.79 Å². The van der Waals surface area contributed by atoms with Gasteiger partial charge in [0.15, 0.2) is 6.04 Å². The summed E-state index contributed by atoms with van der Waals surface area (Å²) in [6.45, 7) is 1.83. The highest BCUT2D eigenvalue weighted by molar-refractivity contribution is 6.09. The number of nitrogens with two attached hydrogens (primary N) is 1. The van der Waals surface area contributed by atoms with Gasteiger partial charge in [0.05, 0.1) is 19.4 Å². The van der Waals surface area contributed by atoms with Crippen molar-refractivity contribution in [1.29, 1.82) is 0 Å². The fraction of sp³-hybridized carbons (Fsp3) is 0.385. The van der Waals surface area contributed by atoms with Crippen molar-refractivity contribution >= 4 is 17.6 Å². The van der Waals surface area contributed by atoms with Crippen LogP contribution in [0, 0.1) is 0 Å². The molecule has 0 saturated heterocycles. The van der Waals surface area contributed by atoms with Crippen molar-refractivity contribution in [3.8, 4) is 5.75 Å². The van der Waals surface area contributed by atoms with Gasteiger partial charge in [-0.15, -0.1) is 0 Å². The van der Waals surface area contributed by atoms with Crippen LogP contribution in [0.25, 0.3) is 0 Å². The number of nitrogens with zero attached hydrogens (tertiary/aromatic N) is 1. The molecular weight excluding hydrogens is 248 g/mol. The summed E-state index contributed by atoms with van der Waals surface area (Å²) in [6.07, 6.45) is 0. The van der Waals surface area contributed by atoms with E-state index >= 15 is 0 Å². The van der Waals surface area contributed by atoms with Gasteiger partial charge >= 0.3 is 5.97 Å². The van der Waals surface area contributed by atoms with Crippen LogP contribution in [-0.2, 0) is 14.3 Å². The third kappa shape index (κ3) is 3.45. The van der Waals surface area contributed by atoms with E-state index in [2.05, 4.69) is 0 Å². The number of amides is 1. The van der Waals surface area contributed by atoms with E-state index in [1.54, 1.807) is 31.2 Å². The highest BCUT2D eigenvalue weighted by Gasteiger charge is 2.28. The maximum absolute atomic E-state index is 12.1. The molecule has 0 spiro atoms. The average Bonchev–Trinajstić information content (AvgIpc) is 2.45. The molecule has 0 heterocycles. The van der Waals surface area contributed by atoms with Gasteiger partial charge in [-0.2, -0.15) is 0 Å². The highest BCUT2D eigenvalue weighted by Crippen LogP contribution is 2.26. The van der Waals surface area contributed by atoms with E-state index in [9.17, 15) is 9.59 Å². The SMILES string of the molecule is CCOC(=O)C(N)C(=O)N(C)c1ccccc1OC. The first kappa shape index (κ1) is 15.0. The lowest BCUT2D eigenvalue weighted by Crippen LogP contribution is -2.47. The molecule has 0 aliphatic rings. The Kier molecular flexibility index (Phi) is 5.32. The van der Waals surface area contributed by atoms with Crippen molar-refractivity contribution in [2.45, 2.75) is 13.0 Å². The van der Waals surface area contributed by atoms with Gasteiger partial charge in [-0.05, 0) is 19.1 Å². The summed E-state index contributed by atoms with van der Waals surface area (Å²) in [6, 6.07) is 5.63. The van der Waals surface area contributed by atoms with Gasteiger partial charge in [0.25, 0.3) is 5.91 Å². The van der Waals surface area contributed by atoms with Gasteiger partial charge < -0.3 is 20.1 Å². The molecule has 0 fully saturated rings. The second-order valence-electron chi connectivity index (χ2n) is 3.80. The molecule has 0 aromatic heterocycles. The summed E-state index contributed by atoms with van der Waals surface area (Å²) in [5.74, 6) is -0.772. The zero-order chi connectivity index (χ0) is 14.4. The molecule has 0 saturated carbocycles. The van der Waals surface area contributed by atoms with Crippen molar-refractivity contribution in [1.82, 2.24) is 0 Å². The standard InChI is InChI=1S/C13H18N2O4/c1-4-19-13(17)11(14)12(16)15(2)9-7-5-6-8-10(9)18-3/h5-8,11H,4,14H2,1-3H3. The van der Waals surface area contributed by atoms with Gasteiger partial charge in [0.1, 0.15) is 5.75 Å². The Bertz CT molecular complexity index is 462. The first-order chi connectivity index (χ1) is 9.02. The van der Waals surface area contributed by atoms with E-state index < -0.39 is 17.9 Å². The Morgan fingerprint density at radius 2 is 2.00 bits per heavy atom. The van der Waals surface area contributed by atoms with Gasteiger partial charge in [-0.3, -0.25) is 4.79 Å². The summed E-state index contributed by atoms with van der Waals surface area (Å²) in [4.78, 5) is 24.8. The normalized spacial score (nSPS) is 11.6. The number of esters is 1. The molecule has 6 heteroatoms. The molecular formula is C13H18N2O4. The minimum atomic E-state index is -1.34. The quantitative estimate of drug-likeness (QED) is 0.621. The number of hydrogen-bond acceptors (Lipinski definition) is 5. The molecule has 1 unspecified atom stereocenters. The number of ether oxygens (including phenoxy) is 2. The van der Waals surface area contributed by atoms with E-state index in [0.29, 0.717) is 11.4 Å². The highest BCUT2D eigenvalue weighted by atomic mass is 16.5. The Labute approximate surface area is 112 Å². The van der Waals surface area contributed by atoms with E-state index in [-0.39, 0.29) is 6.61 Å². The number of likely N-dealkylation sites (N-methyl/N-ethyl adjacent to an activating group) is 1. The lowest BCUT2D eigenvalue weighted by atomic mass is 10.2. The predicted octanol–water partition coefficient (Wildman–Crippen LogP) is 0.548. The number of para-hydroxylation sites is 2. The van der Waals surface area contributed by atoms with Gasteiger partial charge in [0, 0.05) is 7.05 Å². The van der Waals surface area contributed by atoms with Crippen LogP contribution in [0.2, 0.25) is 0 Å². The molecule has 104 valence electrons. The molecule has 19 heavy (non-hydrogen) atoms. The van der Waals surface area contributed by atoms with Crippen molar-refractivity contribution in [3.05, 3.63) is 24.3 Å². The monoisotopic (exact) mass is 266 g/mol. The minimum Gasteiger partial charge on any atom is -0.495 e. The van der Waals surface area contributed by atoms with Crippen LogP contribution in [0.3, 0.4) is 0 Å². The van der Waals surface area contributed by atoms with Crippen LogP contribution in [0.5, 0.6) is 5.75 Å². The second-order valence-corrected chi connectivity index (χ2v) is 3.80. The fourth-order valence-corrected chi connectivity index (χ4v) is 1.57. The van der Waals surface area contributed by atoms with Crippen LogP contribution in [-0.4, -0.2) is 38.7 Å². The Morgan fingerprint density at radius 3 is 2.58 bits per heavy atom. The number of rotatable bonds is 5. The summed E-state index contributed by atoms with van der Waals surface area (Å²) >= 11 is 0. The zero-order valence-corrected chi connectivity index (χ0v) is 11.3. The van der Waals surface area contributed by atoms with Crippen molar-refractivity contribution in [2.24, 2.45) is 5.73 Å². The fourth-order valence-electron chi connectivity index (χ4n) is 1.57. The maximum Gasteiger partial charge on any atom is 0.332 e. The smallest absolute Gasteiger partial charge is 0.332 e. The minimum absolute atomic E-state index is 0.179. The first-order valence-electron chi connectivity index (χ1n) is 5.85. The molecule has 1 aromatic rings. The van der Waals surface area contributed by atoms with Crippen LogP contribution in [0.1, 0.15) is 6.92 Å². The molecule has 1 aromatic carbocycles. The number of methoxy groups -OCH3 is 1. The van der Waals surface area contributed by atoms with Crippen LogP contribution in [0.15, 0.2) is 24.3 Å². The topological polar surface area (TPSA) is 81.9 Å². The lowest BCUT2D eigenvalue weighted by Gasteiger charge is -2.22. The first-order valence-corrected chi connectivity index (χ1v) is 5.85. The van der Waals surface area contributed by atoms with Gasteiger partial charge in [0.2, 0.25) is 0 Å². The average molecular weight is 266 g/mol. The number of anilines is 1. The molecule has 0 aliphatic carbocycles. The molecule has 0 bridgehead atoms. The summed E-state index contributed by atoms with van der Waals surface area (Å²) in [7, 11) is 3.03. The van der Waals surface area contributed by atoms with E-state index in [1.807, 2.05) is 0 Å². The maximum atomic E-state index is 12.1. The zero-order valence-electron chi connectivity index (χ0n) is 11.3.